The van der Waals surface area contributed by atoms with Gasteiger partial charge in [0.2, 0.25) is 0 Å². The van der Waals surface area contributed by atoms with E-state index in [9.17, 15) is 9.90 Å². The van der Waals surface area contributed by atoms with Crippen molar-refractivity contribution in [2.75, 3.05) is 7.11 Å². The average molecular weight is 335 g/mol. The largest absolute Gasteiger partial charge is 0.469 e. The molecule has 3 nitrogen and oxygen atoms in total. The highest BCUT2D eigenvalue weighted by Gasteiger charge is 1.97. The van der Waals surface area contributed by atoms with E-state index in [1.54, 1.807) is 6.08 Å². The lowest BCUT2D eigenvalue weighted by Crippen LogP contribution is -1.99. The van der Waals surface area contributed by atoms with Crippen LogP contribution < -0.4 is 0 Å². The molecular weight excluding hydrogens is 300 g/mol. The molecule has 136 valence electrons. The third kappa shape index (κ3) is 16.8. The van der Waals surface area contributed by atoms with Crippen LogP contribution in [0.2, 0.25) is 0 Å². The third-order valence-corrected chi connectivity index (χ3v) is 3.52. The second-order valence-corrected chi connectivity index (χ2v) is 5.76. The molecule has 0 aliphatic rings. The van der Waals surface area contributed by atoms with Gasteiger partial charge in [-0.1, -0.05) is 68.4 Å². The van der Waals surface area contributed by atoms with Gasteiger partial charge in [0.15, 0.2) is 0 Å². The molecule has 0 bridgehead atoms. The molecule has 0 saturated heterocycles. The Morgan fingerprint density at radius 3 is 2.50 bits per heavy atom. The fraction of sp³-hybridized carbons (Fsp3) is 0.571. The van der Waals surface area contributed by atoms with Crippen molar-refractivity contribution in [1.82, 2.24) is 0 Å². The minimum absolute atomic E-state index is 0.172. The minimum atomic E-state index is -0.462. The lowest BCUT2D eigenvalue weighted by Gasteiger charge is -1.99. The molecule has 0 heterocycles. The van der Waals surface area contributed by atoms with Crippen molar-refractivity contribution in [2.24, 2.45) is 0 Å². The maximum Gasteiger partial charge on any atom is 0.305 e. The number of carbonyl (C=O) groups excluding carboxylic acids is 1. The first-order chi connectivity index (χ1) is 11.7. The van der Waals surface area contributed by atoms with Crippen LogP contribution in [0.15, 0.2) is 48.6 Å². The minimum Gasteiger partial charge on any atom is -0.469 e. The number of aliphatic hydroxyl groups is 1. The van der Waals surface area contributed by atoms with Crippen LogP contribution in [0.1, 0.15) is 64.7 Å². The van der Waals surface area contributed by atoms with Gasteiger partial charge in [-0.2, -0.15) is 0 Å². The van der Waals surface area contributed by atoms with Crippen LogP contribution in [0.4, 0.5) is 0 Å². The molecule has 1 N–H and O–H groups in total. The molecule has 0 amide bonds. The third-order valence-electron chi connectivity index (χ3n) is 3.52. The molecule has 0 rings (SSSR count). The highest BCUT2D eigenvalue weighted by molar-refractivity contribution is 5.69. The Kier molecular flexibility index (Phi) is 16.5. The lowest BCUT2D eigenvalue weighted by molar-refractivity contribution is -0.140. The normalized spacial score (nSPS) is 13.6. The summed E-state index contributed by atoms with van der Waals surface area (Å²) in [4.78, 5) is 10.9. The van der Waals surface area contributed by atoms with E-state index >= 15 is 0 Å². The predicted molar refractivity (Wildman–Crippen MR) is 102 cm³/mol. The van der Waals surface area contributed by atoms with Crippen molar-refractivity contribution in [3.8, 4) is 0 Å². The molecule has 24 heavy (non-hydrogen) atoms. The summed E-state index contributed by atoms with van der Waals surface area (Å²) in [6.45, 7) is 2.22. The Bertz CT molecular complexity index is 405. The van der Waals surface area contributed by atoms with Crippen LogP contribution in [0.25, 0.3) is 0 Å². The molecule has 0 aromatic rings. The molecule has 0 fully saturated rings. The number of allylic oxidation sites excluding steroid dienone is 6. The van der Waals surface area contributed by atoms with Crippen molar-refractivity contribution >= 4 is 5.97 Å². The highest BCUT2D eigenvalue weighted by Crippen LogP contribution is 2.02. The quantitative estimate of drug-likeness (QED) is 0.203. The number of aliphatic hydroxyl groups excluding tert-OH is 1. The summed E-state index contributed by atoms with van der Waals surface area (Å²) in [6.07, 6.45) is 24.3. The summed E-state index contributed by atoms with van der Waals surface area (Å²) in [5, 5.41) is 9.80. The van der Waals surface area contributed by atoms with Gasteiger partial charge in [-0.25, -0.2) is 0 Å². The predicted octanol–water partition coefficient (Wildman–Crippen LogP) is 5.28. The molecule has 0 aliphatic carbocycles. The molecule has 1 atom stereocenters. The van der Waals surface area contributed by atoms with Crippen LogP contribution >= 0.6 is 0 Å². The zero-order valence-corrected chi connectivity index (χ0v) is 15.3. The molecule has 0 aromatic heterocycles. The second kappa shape index (κ2) is 17.7. The number of methoxy groups -OCH3 is 1. The van der Waals surface area contributed by atoms with Gasteiger partial charge in [0.1, 0.15) is 0 Å². The highest BCUT2D eigenvalue weighted by atomic mass is 16.5. The molecule has 0 spiro atoms. The van der Waals surface area contributed by atoms with Gasteiger partial charge in [0.25, 0.3) is 0 Å². The molecule has 0 saturated carbocycles. The van der Waals surface area contributed by atoms with Gasteiger partial charge >= 0.3 is 5.97 Å². The van der Waals surface area contributed by atoms with Crippen LogP contribution in [-0.4, -0.2) is 24.3 Å². The first kappa shape index (κ1) is 22.4. The zero-order chi connectivity index (χ0) is 17.9. The van der Waals surface area contributed by atoms with Crippen molar-refractivity contribution in [3.05, 3.63) is 48.6 Å². The number of esters is 1. The van der Waals surface area contributed by atoms with E-state index < -0.39 is 6.10 Å². The maximum absolute atomic E-state index is 10.9. The zero-order valence-electron chi connectivity index (χ0n) is 15.3. The van der Waals surface area contributed by atoms with Crippen LogP contribution in [0.5, 0.6) is 0 Å². The molecule has 3 heteroatoms. The van der Waals surface area contributed by atoms with Gasteiger partial charge in [-0.15, -0.1) is 0 Å². The summed E-state index contributed by atoms with van der Waals surface area (Å²) in [5.41, 5.74) is 0. The Morgan fingerprint density at radius 1 is 1.00 bits per heavy atom. The van der Waals surface area contributed by atoms with Crippen molar-refractivity contribution in [3.63, 3.8) is 0 Å². The van der Waals surface area contributed by atoms with E-state index in [2.05, 4.69) is 29.9 Å². The Morgan fingerprint density at radius 2 is 1.75 bits per heavy atom. The van der Waals surface area contributed by atoms with E-state index in [0.29, 0.717) is 12.8 Å². The number of hydrogen-bond donors (Lipinski definition) is 1. The summed E-state index contributed by atoms with van der Waals surface area (Å²) in [7, 11) is 1.40. The molecule has 0 aromatic carbocycles. The van der Waals surface area contributed by atoms with E-state index in [0.717, 1.165) is 19.3 Å². The fourth-order valence-electron chi connectivity index (χ4n) is 2.05. The first-order valence-electron chi connectivity index (χ1n) is 9.08. The number of unbranched alkanes of at least 4 members (excludes halogenated alkanes) is 4. The van der Waals surface area contributed by atoms with Gasteiger partial charge < -0.3 is 9.84 Å². The summed E-state index contributed by atoms with van der Waals surface area (Å²) in [6, 6.07) is 0. The smallest absolute Gasteiger partial charge is 0.305 e. The Balaban J connectivity index is 3.64. The van der Waals surface area contributed by atoms with E-state index in [4.69, 9.17) is 0 Å². The van der Waals surface area contributed by atoms with E-state index in [1.807, 2.05) is 24.3 Å². The number of carbonyl (C=O) groups is 1. The molecular formula is C21H34O3. The summed E-state index contributed by atoms with van der Waals surface area (Å²) < 4.78 is 4.57. The molecule has 1 unspecified atom stereocenters. The summed E-state index contributed by atoms with van der Waals surface area (Å²) in [5.74, 6) is -0.172. The maximum atomic E-state index is 10.9. The van der Waals surface area contributed by atoms with Crippen molar-refractivity contribution in [2.45, 2.75) is 70.8 Å². The Hall–Kier alpha value is -1.61. The number of hydrogen-bond acceptors (Lipinski definition) is 3. The van der Waals surface area contributed by atoms with Crippen LogP contribution in [0.3, 0.4) is 0 Å². The van der Waals surface area contributed by atoms with Gasteiger partial charge in [-0.05, 0) is 38.5 Å². The SMILES string of the molecule is CCCCCC=CCC=CC=CC(O)CC=CCCCC(=O)OC. The van der Waals surface area contributed by atoms with Crippen molar-refractivity contribution in [1.29, 1.82) is 0 Å². The molecule has 0 radical (unpaired) electrons. The lowest BCUT2D eigenvalue weighted by atomic mass is 10.2. The van der Waals surface area contributed by atoms with Crippen LogP contribution in [-0.2, 0) is 9.53 Å². The Labute approximate surface area is 147 Å². The second-order valence-electron chi connectivity index (χ2n) is 5.76. The van der Waals surface area contributed by atoms with Gasteiger partial charge in [-0.3, -0.25) is 4.79 Å². The van der Waals surface area contributed by atoms with E-state index in [-0.39, 0.29) is 5.97 Å². The standard InChI is InChI=1S/C21H34O3/c1-3-4-5-6-7-8-9-10-11-14-17-20(22)18-15-12-13-16-19-21(23)24-2/h7-8,10-12,14-15,17,20,22H,3-6,9,13,16,18-19H2,1-2H3. The number of ether oxygens (including phenoxy) is 1. The monoisotopic (exact) mass is 334 g/mol. The topological polar surface area (TPSA) is 46.5 Å². The molecule has 0 aliphatic heterocycles. The fourth-order valence-corrected chi connectivity index (χ4v) is 2.05. The summed E-state index contributed by atoms with van der Waals surface area (Å²) >= 11 is 0. The number of rotatable bonds is 14. The van der Waals surface area contributed by atoms with Gasteiger partial charge in [0, 0.05) is 6.42 Å². The average Bonchev–Trinajstić information content (AvgIpc) is 2.59. The first-order valence-corrected chi connectivity index (χ1v) is 9.08. The van der Waals surface area contributed by atoms with Crippen LogP contribution in [0, 0.1) is 0 Å². The van der Waals surface area contributed by atoms with Crippen molar-refractivity contribution < 1.29 is 14.6 Å². The van der Waals surface area contributed by atoms with Gasteiger partial charge in [0.05, 0.1) is 13.2 Å². The van der Waals surface area contributed by atoms with E-state index in [1.165, 1.54) is 32.8 Å².